The van der Waals surface area contributed by atoms with Gasteiger partial charge in [0, 0.05) is 28.5 Å². The van der Waals surface area contributed by atoms with E-state index >= 15 is 0 Å². The van der Waals surface area contributed by atoms with Crippen molar-refractivity contribution in [2.45, 2.75) is 51.7 Å². The number of rotatable bonds is 5. The molecular weight excluding hydrogens is 416 g/mol. The van der Waals surface area contributed by atoms with Crippen LogP contribution in [0.15, 0.2) is 15.6 Å². The summed E-state index contributed by atoms with van der Waals surface area (Å²) in [4.78, 5) is 27.8. The van der Waals surface area contributed by atoms with Gasteiger partial charge in [0.2, 0.25) is 5.75 Å². The standard InChI is InChI=1S/C20H23ClN2O5S/c1-4-28-20(25)15-12-7-5-6-8-14(12)29-19(15)22-9-13-10(2)16(21)11(3)17(18(13)24)23(26)27/h9,12,14,24H,4-8H2,1-3H3/b22-9+. The molecule has 2 atom stereocenters. The summed E-state index contributed by atoms with van der Waals surface area (Å²) in [5.41, 5.74) is 1.02. The van der Waals surface area contributed by atoms with Crippen molar-refractivity contribution in [2.75, 3.05) is 6.61 Å². The van der Waals surface area contributed by atoms with E-state index in [0.717, 1.165) is 25.7 Å². The van der Waals surface area contributed by atoms with Gasteiger partial charge in [-0.05, 0) is 39.2 Å². The molecular formula is C20H23ClN2O5S. The first kappa shape index (κ1) is 21.6. The number of esters is 1. The van der Waals surface area contributed by atoms with Gasteiger partial charge in [0.05, 0.1) is 22.1 Å². The molecule has 29 heavy (non-hydrogen) atoms. The molecule has 0 amide bonds. The lowest BCUT2D eigenvalue weighted by Gasteiger charge is -2.25. The summed E-state index contributed by atoms with van der Waals surface area (Å²) in [6.45, 7) is 5.20. The number of fused-ring (bicyclic) bond motifs is 1. The Morgan fingerprint density at radius 2 is 2.07 bits per heavy atom. The Bertz CT molecular complexity index is 928. The number of phenols is 1. The fourth-order valence-corrected chi connectivity index (χ4v) is 5.65. The molecule has 0 aromatic heterocycles. The van der Waals surface area contributed by atoms with Crippen molar-refractivity contribution in [3.05, 3.63) is 42.4 Å². The van der Waals surface area contributed by atoms with Crippen LogP contribution in [-0.4, -0.2) is 34.1 Å². The van der Waals surface area contributed by atoms with Crippen molar-refractivity contribution in [1.82, 2.24) is 0 Å². The van der Waals surface area contributed by atoms with Crippen LogP contribution in [0.25, 0.3) is 0 Å². The predicted molar refractivity (Wildman–Crippen MR) is 114 cm³/mol. The number of thioether (sulfide) groups is 1. The quantitative estimate of drug-likeness (QED) is 0.298. The first-order chi connectivity index (χ1) is 13.8. The van der Waals surface area contributed by atoms with E-state index in [-0.39, 0.29) is 39.9 Å². The average molecular weight is 439 g/mol. The highest BCUT2D eigenvalue weighted by atomic mass is 35.5. The minimum atomic E-state index is -0.657. The normalized spacial score (nSPS) is 21.5. The Hall–Kier alpha value is -2.06. The molecule has 0 spiro atoms. The lowest BCUT2D eigenvalue weighted by Crippen LogP contribution is -2.24. The molecule has 1 heterocycles. The number of halogens is 1. The second-order valence-corrected chi connectivity index (χ2v) is 8.78. The number of aromatic hydroxyl groups is 1. The number of aliphatic imine (C=N–C) groups is 1. The first-order valence-electron chi connectivity index (χ1n) is 9.55. The monoisotopic (exact) mass is 438 g/mol. The maximum atomic E-state index is 12.6. The molecule has 1 fully saturated rings. The summed E-state index contributed by atoms with van der Waals surface area (Å²) >= 11 is 7.79. The van der Waals surface area contributed by atoms with Crippen LogP contribution in [0.5, 0.6) is 5.75 Å². The number of nitro benzene ring substituents is 1. The number of carbonyl (C=O) groups is 1. The van der Waals surface area contributed by atoms with Crippen molar-refractivity contribution in [3.8, 4) is 5.75 Å². The van der Waals surface area contributed by atoms with Crippen LogP contribution in [-0.2, 0) is 9.53 Å². The number of ether oxygens (including phenoxy) is 1. The second kappa shape index (κ2) is 8.75. The molecule has 1 aliphatic heterocycles. The minimum absolute atomic E-state index is 0.102. The number of hydrogen-bond acceptors (Lipinski definition) is 7. The van der Waals surface area contributed by atoms with E-state index in [9.17, 15) is 20.0 Å². The van der Waals surface area contributed by atoms with Crippen LogP contribution in [0.2, 0.25) is 5.02 Å². The van der Waals surface area contributed by atoms with E-state index in [2.05, 4.69) is 4.99 Å². The molecule has 1 saturated carbocycles. The summed E-state index contributed by atoms with van der Waals surface area (Å²) in [5, 5.41) is 22.9. The first-order valence-corrected chi connectivity index (χ1v) is 10.8. The molecule has 1 aromatic carbocycles. The maximum Gasteiger partial charge on any atom is 0.337 e. The van der Waals surface area contributed by atoms with Gasteiger partial charge in [-0.25, -0.2) is 9.79 Å². The van der Waals surface area contributed by atoms with E-state index in [1.165, 1.54) is 24.9 Å². The largest absolute Gasteiger partial charge is 0.502 e. The van der Waals surface area contributed by atoms with E-state index in [0.29, 0.717) is 16.2 Å². The minimum Gasteiger partial charge on any atom is -0.502 e. The van der Waals surface area contributed by atoms with Crippen molar-refractivity contribution in [2.24, 2.45) is 10.9 Å². The molecule has 1 N–H and O–H groups in total. The van der Waals surface area contributed by atoms with Gasteiger partial charge in [-0.1, -0.05) is 24.4 Å². The van der Waals surface area contributed by atoms with Gasteiger partial charge in [0.15, 0.2) is 0 Å². The number of phenolic OH excluding ortho intramolecular Hbond substituents is 1. The van der Waals surface area contributed by atoms with Crippen LogP contribution in [0.3, 0.4) is 0 Å². The van der Waals surface area contributed by atoms with Crippen molar-refractivity contribution < 1.29 is 19.6 Å². The van der Waals surface area contributed by atoms with Crippen LogP contribution in [0.1, 0.15) is 49.3 Å². The maximum absolute atomic E-state index is 12.6. The number of carbonyl (C=O) groups excluding carboxylic acids is 1. The van der Waals surface area contributed by atoms with Crippen LogP contribution < -0.4 is 0 Å². The van der Waals surface area contributed by atoms with Gasteiger partial charge >= 0.3 is 11.7 Å². The van der Waals surface area contributed by atoms with Gasteiger partial charge < -0.3 is 9.84 Å². The highest BCUT2D eigenvalue weighted by Crippen LogP contribution is 2.50. The Morgan fingerprint density at radius 3 is 2.72 bits per heavy atom. The Labute approximate surface area is 178 Å². The lowest BCUT2D eigenvalue weighted by molar-refractivity contribution is -0.386. The zero-order chi connectivity index (χ0) is 21.3. The fraction of sp³-hybridized carbons (Fsp3) is 0.500. The Morgan fingerprint density at radius 1 is 1.38 bits per heavy atom. The van der Waals surface area contributed by atoms with Crippen LogP contribution in [0.4, 0.5) is 5.69 Å². The summed E-state index contributed by atoms with van der Waals surface area (Å²) < 4.78 is 5.25. The van der Waals surface area contributed by atoms with Crippen LogP contribution >= 0.6 is 23.4 Å². The van der Waals surface area contributed by atoms with E-state index in [1.54, 1.807) is 13.8 Å². The summed E-state index contributed by atoms with van der Waals surface area (Å²) in [6, 6.07) is 0. The average Bonchev–Trinajstić information content (AvgIpc) is 3.04. The smallest absolute Gasteiger partial charge is 0.337 e. The van der Waals surface area contributed by atoms with Gasteiger partial charge in [-0.2, -0.15) is 0 Å². The molecule has 1 aliphatic carbocycles. The topological polar surface area (TPSA) is 102 Å². The van der Waals surface area contributed by atoms with Gasteiger partial charge in [0.1, 0.15) is 5.03 Å². The molecule has 3 rings (SSSR count). The molecule has 7 nitrogen and oxygen atoms in total. The number of hydrogen-bond donors (Lipinski definition) is 1. The van der Waals surface area contributed by atoms with Crippen molar-refractivity contribution in [1.29, 1.82) is 0 Å². The lowest BCUT2D eigenvalue weighted by atomic mass is 9.84. The van der Waals surface area contributed by atoms with E-state index < -0.39 is 16.4 Å². The van der Waals surface area contributed by atoms with Gasteiger partial charge in [-0.3, -0.25) is 10.1 Å². The van der Waals surface area contributed by atoms with E-state index in [1.807, 2.05) is 0 Å². The Kier molecular flexibility index (Phi) is 6.53. The van der Waals surface area contributed by atoms with E-state index in [4.69, 9.17) is 16.3 Å². The molecule has 156 valence electrons. The molecule has 1 aromatic rings. The SMILES string of the molecule is CCOC(=O)C1=C(/N=C/c2c(C)c(Cl)c(C)c([N+](=O)[O-])c2O)SC2CCCCC12. The summed E-state index contributed by atoms with van der Waals surface area (Å²) in [6.07, 6.45) is 5.45. The highest BCUT2D eigenvalue weighted by molar-refractivity contribution is 8.04. The molecule has 0 radical (unpaired) electrons. The van der Waals surface area contributed by atoms with Crippen LogP contribution in [0, 0.1) is 29.9 Å². The number of nitrogens with zero attached hydrogens (tertiary/aromatic N) is 2. The number of benzene rings is 1. The molecule has 2 unspecified atom stereocenters. The Balaban J connectivity index is 2.06. The summed E-state index contributed by atoms with van der Waals surface area (Å²) in [7, 11) is 0. The predicted octanol–water partition coefficient (Wildman–Crippen LogP) is 5.07. The third kappa shape index (κ3) is 4.00. The molecule has 0 bridgehead atoms. The summed E-state index contributed by atoms with van der Waals surface area (Å²) in [5.74, 6) is -0.738. The zero-order valence-electron chi connectivity index (χ0n) is 16.5. The van der Waals surface area contributed by atoms with Gasteiger partial charge in [-0.15, -0.1) is 11.8 Å². The third-order valence-electron chi connectivity index (χ3n) is 5.45. The van der Waals surface area contributed by atoms with Crippen molar-refractivity contribution in [3.63, 3.8) is 0 Å². The zero-order valence-corrected chi connectivity index (χ0v) is 18.1. The molecule has 0 saturated heterocycles. The van der Waals surface area contributed by atoms with Crippen molar-refractivity contribution >= 4 is 41.2 Å². The third-order valence-corrected chi connectivity index (χ3v) is 7.44. The highest BCUT2D eigenvalue weighted by Gasteiger charge is 2.41. The second-order valence-electron chi connectivity index (χ2n) is 7.18. The molecule has 9 heteroatoms. The molecule has 2 aliphatic rings. The van der Waals surface area contributed by atoms with Gasteiger partial charge in [0.25, 0.3) is 0 Å². The number of nitro groups is 1. The fourth-order valence-electron chi connectivity index (χ4n) is 3.97.